The Labute approximate surface area is 112 Å². The molecule has 0 spiro atoms. The molecule has 19 heavy (non-hydrogen) atoms. The van der Waals surface area contributed by atoms with Gasteiger partial charge in [-0.15, -0.1) is 0 Å². The van der Waals surface area contributed by atoms with Crippen LogP contribution in [0.1, 0.15) is 5.56 Å². The predicted molar refractivity (Wildman–Crippen MR) is 72.3 cm³/mol. The van der Waals surface area contributed by atoms with Crippen LogP contribution in [0.3, 0.4) is 0 Å². The van der Waals surface area contributed by atoms with E-state index < -0.39 is 7.60 Å². The van der Waals surface area contributed by atoms with E-state index in [1.54, 1.807) is 18.1 Å². The minimum Gasteiger partial charge on any atom is -0.496 e. The molecule has 1 rings (SSSR count). The summed E-state index contributed by atoms with van der Waals surface area (Å²) in [6, 6.07) is 9.07. The van der Waals surface area contributed by atoms with E-state index in [4.69, 9.17) is 13.8 Å². The number of hydrogen-bond acceptors (Lipinski definition) is 5. The fraction of sp³-hybridized carbons (Fsp3) is 0.231. The lowest BCUT2D eigenvalue weighted by atomic mass is 10.2. The highest BCUT2D eigenvalue weighted by molar-refractivity contribution is 7.59. The van der Waals surface area contributed by atoms with Gasteiger partial charge in [0.05, 0.1) is 7.11 Å². The number of methoxy groups -OCH3 is 1. The summed E-state index contributed by atoms with van der Waals surface area (Å²) in [7, 11) is 0.206. The molecule has 102 valence electrons. The Morgan fingerprint density at radius 1 is 1.16 bits per heavy atom. The molecule has 0 amide bonds. The van der Waals surface area contributed by atoms with Crippen LogP contribution in [0.5, 0.6) is 0 Å². The summed E-state index contributed by atoms with van der Waals surface area (Å²) in [5.41, 5.74) is 0.733. The van der Waals surface area contributed by atoms with Gasteiger partial charge in [0.25, 0.3) is 0 Å². The maximum absolute atomic E-state index is 12.1. The van der Waals surface area contributed by atoms with Gasteiger partial charge in [0.15, 0.2) is 5.31 Å². The van der Waals surface area contributed by atoms with E-state index in [0.29, 0.717) is 5.76 Å². The third kappa shape index (κ3) is 3.66. The Morgan fingerprint density at radius 3 is 2.16 bits per heavy atom. The smallest absolute Gasteiger partial charge is 0.371 e. The van der Waals surface area contributed by atoms with Gasteiger partial charge in [0.1, 0.15) is 11.7 Å². The average Bonchev–Trinajstić information content (AvgIpc) is 2.48. The first-order valence-corrected chi connectivity index (χ1v) is 6.94. The molecule has 0 N–H and O–H groups in total. The van der Waals surface area contributed by atoms with E-state index in [2.05, 4.69) is 0 Å². The number of rotatable bonds is 6. The Kier molecular flexibility index (Phi) is 5.74. The van der Waals surface area contributed by atoms with Crippen molar-refractivity contribution in [2.24, 2.45) is 0 Å². The minimum atomic E-state index is -3.64. The zero-order valence-corrected chi connectivity index (χ0v) is 11.8. The van der Waals surface area contributed by atoms with E-state index in [9.17, 15) is 9.36 Å². The van der Waals surface area contributed by atoms with Crippen molar-refractivity contribution in [2.45, 2.75) is 0 Å². The van der Waals surface area contributed by atoms with Crippen molar-refractivity contribution in [1.29, 1.82) is 0 Å². The predicted octanol–water partition coefficient (Wildman–Crippen LogP) is 2.88. The number of allylic oxidation sites excluding steroid dienone is 2. The van der Waals surface area contributed by atoms with Crippen molar-refractivity contribution < 1.29 is 23.1 Å². The first-order chi connectivity index (χ1) is 9.11. The Hall–Kier alpha value is -1.64. The molecule has 0 aromatic heterocycles. The molecule has 0 bridgehead atoms. The van der Waals surface area contributed by atoms with Crippen molar-refractivity contribution in [2.75, 3.05) is 21.3 Å². The second kappa shape index (κ2) is 7.07. The summed E-state index contributed by atoms with van der Waals surface area (Å²) in [6.45, 7) is 0. The molecule has 0 radical (unpaired) electrons. The maximum atomic E-state index is 12.1. The molecule has 6 heteroatoms. The van der Waals surface area contributed by atoms with Crippen LogP contribution in [0.2, 0.25) is 0 Å². The Balaban J connectivity index is 3.24. The highest BCUT2D eigenvalue weighted by atomic mass is 31.2. The van der Waals surface area contributed by atoms with E-state index in [1.165, 1.54) is 27.4 Å². The highest BCUT2D eigenvalue weighted by Gasteiger charge is 2.28. The van der Waals surface area contributed by atoms with Crippen molar-refractivity contribution in [3.05, 3.63) is 47.3 Å². The van der Waals surface area contributed by atoms with Crippen LogP contribution in [-0.2, 0) is 23.1 Å². The monoisotopic (exact) mass is 282 g/mol. The van der Waals surface area contributed by atoms with Crippen LogP contribution in [0.15, 0.2) is 41.7 Å². The first-order valence-electron chi connectivity index (χ1n) is 5.39. The van der Waals surface area contributed by atoms with Crippen LogP contribution in [0.4, 0.5) is 0 Å². The summed E-state index contributed by atoms with van der Waals surface area (Å²) < 4.78 is 26.8. The summed E-state index contributed by atoms with van der Waals surface area (Å²) >= 11 is 0. The lowest BCUT2D eigenvalue weighted by Crippen LogP contribution is -1.95. The molecule has 1 aromatic carbocycles. The lowest BCUT2D eigenvalue weighted by Gasteiger charge is -2.13. The summed E-state index contributed by atoms with van der Waals surface area (Å²) in [6.07, 6.45) is 1.30. The summed E-state index contributed by atoms with van der Waals surface area (Å²) in [5.74, 6) is 1.94. The largest absolute Gasteiger partial charge is 0.496 e. The zero-order valence-electron chi connectivity index (χ0n) is 11.0. The molecule has 5 nitrogen and oxygen atoms in total. The van der Waals surface area contributed by atoms with E-state index in [0.717, 1.165) is 5.56 Å². The van der Waals surface area contributed by atoms with E-state index in [1.807, 2.05) is 18.2 Å². The molecule has 0 heterocycles. The fourth-order valence-electron chi connectivity index (χ4n) is 1.42. The zero-order chi connectivity index (χ0) is 14.3. The van der Waals surface area contributed by atoms with Crippen molar-refractivity contribution in [3.8, 4) is 0 Å². The van der Waals surface area contributed by atoms with Crippen molar-refractivity contribution >= 4 is 19.3 Å². The van der Waals surface area contributed by atoms with Crippen molar-refractivity contribution in [1.82, 2.24) is 0 Å². The lowest BCUT2D eigenvalue weighted by molar-refractivity contribution is 0.284. The first kappa shape index (κ1) is 15.4. The quantitative estimate of drug-likeness (QED) is 0.347. The molecule has 0 saturated heterocycles. The van der Waals surface area contributed by atoms with Gasteiger partial charge in [0, 0.05) is 25.9 Å². The van der Waals surface area contributed by atoms with Gasteiger partial charge in [-0.25, -0.2) is 4.79 Å². The molecule has 0 aliphatic heterocycles. The standard InChI is InChI=1S/C13H15O5P/c1-16-13(11-7-5-4-6-8-11)9-12(10-14)19(15,17-2)18-3/h4-9H,1-3H3/b13-9-. The van der Waals surface area contributed by atoms with Crippen molar-refractivity contribution in [3.63, 3.8) is 0 Å². The molecule has 0 aliphatic rings. The molecule has 0 unspecified atom stereocenters. The van der Waals surface area contributed by atoms with E-state index in [-0.39, 0.29) is 5.31 Å². The van der Waals surface area contributed by atoms with Crippen LogP contribution in [0, 0.1) is 0 Å². The highest BCUT2D eigenvalue weighted by Crippen LogP contribution is 2.54. The van der Waals surface area contributed by atoms with Gasteiger partial charge in [-0.3, -0.25) is 4.57 Å². The van der Waals surface area contributed by atoms with Gasteiger partial charge >= 0.3 is 7.60 Å². The Morgan fingerprint density at radius 2 is 1.74 bits per heavy atom. The SMILES string of the molecule is CO/C(=C\C(=C=O)P(=O)(OC)OC)c1ccccc1. The number of benzene rings is 1. The summed E-state index contributed by atoms with van der Waals surface area (Å²) in [5, 5.41) is -0.224. The van der Waals surface area contributed by atoms with Crippen LogP contribution < -0.4 is 0 Å². The number of ether oxygens (including phenoxy) is 1. The molecule has 0 saturated carbocycles. The van der Waals surface area contributed by atoms with Gasteiger partial charge < -0.3 is 13.8 Å². The minimum absolute atomic E-state index is 0.224. The second-order valence-corrected chi connectivity index (χ2v) is 5.64. The molecule has 0 fully saturated rings. The van der Waals surface area contributed by atoms with Gasteiger partial charge in [0.2, 0.25) is 0 Å². The van der Waals surface area contributed by atoms with E-state index >= 15 is 0 Å². The molecule has 0 aliphatic carbocycles. The third-order valence-corrected chi connectivity index (χ3v) is 4.20. The topological polar surface area (TPSA) is 61.8 Å². The van der Waals surface area contributed by atoms with Gasteiger partial charge in [-0.1, -0.05) is 30.3 Å². The maximum Gasteiger partial charge on any atom is 0.371 e. The fourth-order valence-corrected chi connectivity index (χ4v) is 2.35. The van der Waals surface area contributed by atoms with Crippen LogP contribution in [0.25, 0.3) is 5.76 Å². The molecular formula is C13H15O5P. The molecule has 0 atom stereocenters. The van der Waals surface area contributed by atoms with Crippen LogP contribution in [-0.4, -0.2) is 27.3 Å². The van der Waals surface area contributed by atoms with Gasteiger partial charge in [-0.2, -0.15) is 0 Å². The molecule has 1 aromatic rings. The normalized spacial score (nSPS) is 11.8. The second-order valence-electron chi connectivity index (χ2n) is 3.43. The molecular weight excluding hydrogens is 267 g/mol. The number of carbonyl (C=O) groups excluding carboxylic acids is 1. The third-order valence-electron chi connectivity index (χ3n) is 2.43. The number of hydrogen-bond donors (Lipinski definition) is 0. The van der Waals surface area contributed by atoms with Gasteiger partial charge in [-0.05, 0) is 0 Å². The summed E-state index contributed by atoms with van der Waals surface area (Å²) in [4.78, 5) is 11.0. The van der Waals surface area contributed by atoms with Crippen LogP contribution >= 0.6 is 7.60 Å². The average molecular weight is 282 g/mol. The Bertz CT molecular complexity index is 535.